The van der Waals surface area contributed by atoms with E-state index in [0.717, 1.165) is 18.2 Å². The van der Waals surface area contributed by atoms with E-state index in [1.807, 2.05) is 71.8 Å². The van der Waals surface area contributed by atoms with E-state index in [1.165, 1.54) is 6.07 Å². The van der Waals surface area contributed by atoms with Crippen LogP contribution in [-0.4, -0.2) is 55.4 Å². The maximum absolute atomic E-state index is 13.7. The minimum atomic E-state index is -0.969. The van der Waals surface area contributed by atoms with Crippen LogP contribution in [0.1, 0.15) is 27.7 Å². The van der Waals surface area contributed by atoms with Crippen molar-refractivity contribution in [1.29, 1.82) is 0 Å². The molecule has 0 unspecified atom stereocenters. The van der Waals surface area contributed by atoms with Crippen molar-refractivity contribution in [2.45, 2.75) is 6.04 Å². The van der Waals surface area contributed by atoms with Crippen LogP contribution in [-0.2, 0) is 9.47 Å². The van der Waals surface area contributed by atoms with Gasteiger partial charge in [0.25, 0.3) is 5.91 Å². The molecule has 0 spiro atoms. The first-order chi connectivity index (χ1) is 18.1. The molecule has 2 aromatic carbocycles. The predicted octanol–water partition coefficient (Wildman–Crippen LogP) is 3.06. The number of fused-ring (bicyclic) bond motifs is 5. The van der Waals surface area contributed by atoms with Crippen molar-refractivity contribution >= 4 is 12.1 Å². The summed E-state index contributed by atoms with van der Waals surface area (Å²) in [5.41, 5.74) is 1.36. The van der Waals surface area contributed by atoms with Crippen LogP contribution in [0.5, 0.6) is 11.5 Å². The summed E-state index contributed by atoms with van der Waals surface area (Å²) in [7, 11) is 1.16. The molecule has 10 heteroatoms. The van der Waals surface area contributed by atoms with Crippen molar-refractivity contribution in [3.63, 3.8) is 0 Å². The van der Waals surface area contributed by atoms with Gasteiger partial charge in [-0.05, 0) is 17.7 Å². The Morgan fingerprint density at radius 2 is 1.81 bits per heavy atom. The molecule has 0 N–H and O–H groups in total. The quantitative estimate of drug-likeness (QED) is 0.304. The fourth-order valence-corrected chi connectivity index (χ4v) is 4.45. The fourth-order valence-electron chi connectivity index (χ4n) is 4.45. The number of hydrogen-bond acceptors (Lipinski definition) is 8. The van der Waals surface area contributed by atoms with Gasteiger partial charge < -0.3 is 23.8 Å². The summed E-state index contributed by atoms with van der Waals surface area (Å²) in [6.07, 6.45) is 4.28. The number of ether oxygens (including phenoxy) is 4. The van der Waals surface area contributed by atoms with Crippen molar-refractivity contribution < 1.29 is 28.5 Å². The smallest absolute Gasteiger partial charge is 0.489 e. The lowest BCUT2D eigenvalue weighted by Gasteiger charge is -2.44. The number of para-hydroxylation sites is 1. The summed E-state index contributed by atoms with van der Waals surface area (Å²) in [6.45, 7) is 0.262. The van der Waals surface area contributed by atoms with E-state index < -0.39 is 24.3 Å². The van der Waals surface area contributed by atoms with E-state index in [4.69, 9.17) is 14.2 Å². The van der Waals surface area contributed by atoms with Gasteiger partial charge in [-0.25, -0.2) is 4.79 Å². The van der Waals surface area contributed by atoms with Gasteiger partial charge in [-0.15, -0.1) is 0 Å². The van der Waals surface area contributed by atoms with Gasteiger partial charge in [0.2, 0.25) is 18.0 Å². The highest BCUT2D eigenvalue weighted by molar-refractivity contribution is 5.96. The van der Waals surface area contributed by atoms with Gasteiger partial charge in [0.05, 0.1) is 7.11 Å². The zero-order valence-electron chi connectivity index (χ0n) is 20.1. The number of amides is 1. The molecule has 2 bridgehead atoms. The van der Waals surface area contributed by atoms with Gasteiger partial charge in [-0.1, -0.05) is 54.6 Å². The Morgan fingerprint density at radius 3 is 2.62 bits per heavy atom. The summed E-state index contributed by atoms with van der Waals surface area (Å²) in [4.78, 5) is 39.5. The zero-order chi connectivity index (χ0) is 25.8. The normalized spacial score (nSPS) is 17.4. The second-order valence-corrected chi connectivity index (χ2v) is 8.30. The van der Waals surface area contributed by atoms with Crippen molar-refractivity contribution in [1.82, 2.24) is 9.58 Å². The van der Waals surface area contributed by atoms with Crippen LogP contribution in [0, 0.1) is 0 Å². The van der Waals surface area contributed by atoms with Crippen LogP contribution in [0.25, 0.3) is 0 Å². The summed E-state index contributed by atoms with van der Waals surface area (Å²) in [5, 5.41) is 1.97. The molecule has 2 aliphatic rings. The molecular formula is C27H25N3O7. The number of carbonyl (C=O) groups excluding carboxylic acids is 2. The molecule has 0 aliphatic carbocycles. The molecule has 10 nitrogen and oxygen atoms in total. The highest BCUT2D eigenvalue weighted by Crippen LogP contribution is 2.36. The number of hydrogen-bond donors (Lipinski definition) is 0. The van der Waals surface area contributed by atoms with Crippen LogP contribution >= 0.6 is 0 Å². The number of pyridine rings is 1. The lowest BCUT2D eigenvalue weighted by atomic mass is 9.97. The molecule has 0 saturated carbocycles. The number of benzene rings is 2. The zero-order valence-corrected chi connectivity index (χ0v) is 20.1. The summed E-state index contributed by atoms with van der Waals surface area (Å²) < 4.78 is 22.5. The number of aromatic nitrogens is 1. The molecule has 0 fully saturated rings. The molecule has 3 heterocycles. The van der Waals surface area contributed by atoms with E-state index in [1.54, 1.807) is 15.8 Å². The minimum Gasteiger partial charge on any atom is -0.489 e. The van der Waals surface area contributed by atoms with E-state index in [0.29, 0.717) is 12.4 Å². The maximum Gasteiger partial charge on any atom is 0.510 e. The Morgan fingerprint density at radius 1 is 1.03 bits per heavy atom. The second kappa shape index (κ2) is 10.5. The van der Waals surface area contributed by atoms with Crippen molar-refractivity contribution in [2.24, 2.45) is 0 Å². The first-order valence-corrected chi connectivity index (χ1v) is 11.7. The summed E-state index contributed by atoms with van der Waals surface area (Å²) in [5.74, 6) is 0.0881. The average Bonchev–Trinajstić information content (AvgIpc) is 2.95. The third-order valence-corrected chi connectivity index (χ3v) is 6.12. The Hall–Kier alpha value is -4.73. The van der Waals surface area contributed by atoms with Crippen LogP contribution in [0.3, 0.4) is 0 Å². The van der Waals surface area contributed by atoms with Crippen LogP contribution in [0.2, 0.25) is 0 Å². The molecule has 37 heavy (non-hydrogen) atoms. The Kier molecular flexibility index (Phi) is 6.80. The molecular weight excluding hydrogens is 478 g/mol. The number of methoxy groups -OCH3 is 1. The summed E-state index contributed by atoms with van der Waals surface area (Å²) in [6, 6.07) is 18.5. The fraction of sp³-hybridized carbons (Fsp3) is 0.222. The Balaban J connectivity index is 1.69. The molecule has 190 valence electrons. The third-order valence-electron chi connectivity index (χ3n) is 6.12. The van der Waals surface area contributed by atoms with Crippen molar-refractivity contribution in [3.05, 3.63) is 106 Å². The van der Waals surface area contributed by atoms with Crippen molar-refractivity contribution in [3.8, 4) is 11.5 Å². The SMILES string of the molecule is COC(=O)OCOc1c2n(ccc1=O)N1CN(C/C=C\COc3ccccc3[C@H]1c1ccccc1)C2=O. The minimum absolute atomic E-state index is 0.0270. The van der Waals surface area contributed by atoms with Gasteiger partial charge in [0, 0.05) is 24.4 Å². The second-order valence-electron chi connectivity index (χ2n) is 8.30. The molecule has 1 aromatic heterocycles. The summed E-state index contributed by atoms with van der Waals surface area (Å²) >= 11 is 0. The first-order valence-electron chi connectivity index (χ1n) is 11.7. The molecule has 2 aliphatic heterocycles. The molecule has 0 radical (unpaired) electrons. The van der Waals surface area contributed by atoms with E-state index in [9.17, 15) is 14.4 Å². The van der Waals surface area contributed by atoms with E-state index >= 15 is 0 Å². The first kappa shape index (κ1) is 24.0. The van der Waals surface area contributed by atoms with Gasteiger partial charge in [-0.2, -0.15) is 0 Å². The van der Waals surface area contributed by atoms with Crippen LogP contribution in [0.15, 0.2) is 83.8 Å². The average molecular weight is 504 g/mol. The Labute approximate surface area is 212 Å². The topological polar surface area (TPSA) is 99.5 Å². The largest absolute Gasteiger partial charge is 0.510 e. The van der Waals surface area contributed by atoms with Crippen LogP contribution in [0.4, 0.5) is 4.79 Å². The third kappa shape index (κ3) is 4.73. The van der Waals surface area contributed by atoms with Gasteiger partial charge in [-0.3, -0.25) is 19.3 Å². The highest BCUT2D eigenvalue weighted by atomic mass is 16.8. The molecule has 3 aromatic rings. The lowest BCUT2D eigenvalue weighted by Crippen LogP contribution is -2.55. The van der Waals surface area contributed by atoms with Gasteiger partial charge >= 0.3 is 6.16 Å². The van der Waals surface area contributed by atoms with Crippen molar-refractivity contribution in [2.75, 3.05) is 38.7 Å². The number of nitrogens with zero attached hydrogens (tertiary/aromatic N) is 3. The maximum atomic E-state index is 13.7. The standard InChI is InChI=1S/C27H25N3O7/c1-34-27(33)37-18-36-25-21(31)13-15-29-24(25)26(32)28-14-7-8-16-35-22-12-6-5-11-20(22)23(30(29)17-28)19-9-3-2-4-10-19/h2-13,15,23H,14,16-18H2,1H3/b8-7-/t23-/m1/s1. The predicted molar refractivity (Wildman–Crippen MR) is 133 cm³/mol. The molecule has 0 saturated heterocycles. The number of carbonyl (C=O) groups is 2. The van der Waals surface area contributed by atoms with E-state index in [-0.39, 0.29) is 30.7 Å². The Bertz CT molecular complexity index is 1390. The van der Waals surface area contributed by atoms with Gasteiger partial charge in [0.1, 0.15) is 25.1 Å². The monoisotopic (exact) mass is 503 g/mol. The van der Waals surface area contributed by atoms with Gasteiger partial charge in [0.15, 0.2) is 5.69 Å². The molecule has 1 atom stereocenters. The number of rotatable bonds is 4. The van der Waals surface area contributed by atoms with Crippen LogP contribution < -0.4 is 19.9 Å². The highest BCUT2D eigenvalue weighted by Gasteiger charge is 2.37. The molecule has 5 rings (SSSR count). The molecule has 1 amide bonds. The van der Waals surface area contributed by atoms with E-state index in [2.05, 4.69) is 4.74 Å². The lowest BCUT2D eigenvalue weighted by molar-refractivity contribution is 0.0135.